The van der Waals surface area contributed by atoms with E-state index in [2.05, 4.69) is 27.6 Å². The molecule has 1 fully saturated rings. The largest absolute Gasteiger partial charge is 0.463 e. The molecule has 4 N–H and O–H groups in total. The summed E-state index contributed by atoms with van der Waals surface area (Å²) in [4.78, 5) is 36.7. The Balaban J connectivity index is 3.42. The Labute approximate surface area is 158 Å². The van der Waals surface area contributed by atoms with Crippen molar-refractivity contribution in [3.63, 3.8) is 0 Å². The molecule has 1 aliphatic heterocycles. The molecule has 150 valence electrons. The van der Waals surface area contributed by atoms with Crippen LogP contribution in [0.5, 0.6) is 0 Å². The monoisotopic (exact) mass is 405 g/mol. The van der Waals surface area contributed by atoms with Gasteiger partial charge in [-0.05, 0) is 17.7 Å². The van der Waals surface area contributed by atoms with Crippen molar-refractivity contribution in [2.45, 2.75) is 51.0 Å². The number of hydrogen-bond donors (Lipinski definition) is 3. The summed E-state index contributed by atoms with van der Waals surface area (Å²) in [7, 11) is 0. The van der Waals surface area contributed by atoms with Gasteiger partial charge < -0.3 is 35.1 Å². The molecule has 0 aromatic heterocycles. The molecule has 0 bridgehead atoms. The van der Waals surface area contributed by atoms with E-state index in [4.69, 9.17) is 30.2 Å². The highest BCUT2D eigenvalue weighted by Crippen LogP contribution is 2.33. The molecule has 0 saturated carbocycles. The third-order valence-electron chi connectivity index (χ3n) is 3.26. The molecule has 0 aromatic carbocycles. The predicted molar refractivity (Wildman–Crippen MR) is 90.4 cm³/mol. The van der Waals surface area contributed by atoms with Crippen molar-refractivity contribution in [2.75, 3.05) is 6.61 Å². The fourth-order valence-electron chi connectivity index (χ4n) is 2.45. The van der Waals surface area contributed by atoms with E-state index in [1.165, 1.54) is 0 Å². The minimum Gasteiger partial charge on any atom is -0.463 e. The smallest absolute Gasteiger partial charge is 0.303 e. The van der Waals surface area contributed by atoms with Gasteiger partial charge in [0.25, 0.3) is 5.91 Å². The second kappa shape index (κ2) is 9.32. The molecular weight excluding hydrogens is 386 g/mol. The van der Waals surface area contributed by atoms with Gasteiger partial charge in [0.05, 0.1) is 0 Å². The SMILES string of the molecule is CC(=O)OC[C@H]1O[C@@](O)(NC(N)=S)[C@H](OC(C)=O)[C@@H](N=[N+]=[N-])[C@H]1OC(C)=O. The van der Waals surface area contributed by atoms with Crippen LogP contribution in [0.25, 0.3) is 10.4 Å². The Morgan fingerprint density at radius 1 is 1.30 bits per heavy atom. The summed E-state index contributed by atoms with van der Waals surface area (Å²) in [5.41, 5.74) is 14.2. The van der Waals surface area contributed by atoms with Gasteiger partial charge in [0.15, 0.2) is 11.2 Å². The molecule has 14 heteroatoms. The summed E-state index contributed by atoms with van der Waals surface area (Å²) >= 11 is 4.67. The standard InChI is InChI=1S/C13H19N5O8S/c1-5(19)23-4-8-10(24-6(2)20)9(17-18-15)11(25-7(3)21)13(22,26-8)16-12(14)27/h8-11,22H,4H2,1-3H3,(H3,14,16,27)/t8-,9+,10+,11-,13-/m1/s1. The Morgan fingerprint density at radius 3 is 2.33 bits per heavy atom. The van der Waals surface area contributed by atoms with Gasteiger partial charge in [-0.1, -0.05) is 5.11 Å². The summed E-state index contributed by atoms with van der Waals surface area (Å²) in [5.74, 6) is -4.90. The highest BCUT2D eigenvalue weighted by atomic mass is 32.1. The number of aliphatic hydroxyl groups is 1. The van der Waals surface area contributed by atoms with Gasteiger partial charge in [0, 0.05) is 25.7 Å². The Hall–Kier alpha value is -2.67. The number of nitrogens with one attached hydrogen (secondary N) is 1. The number of nitrogens with two attached hydrogens (primary N) is 1. The van der Waals surface area contributed by atoms with E-state index in [0.29, 0.717) is 0 Å². The molecule has 0 unspecified atom stereocenters. The van der Waals surface area contributed by atoms with Gasteiger partial charge >= 0.3 is 17.9 Å². The number of nitrogens with zero attached hydrogens (tertiary/aromatic N) is 3. The van der Waals surface area contributed by atoms with Gasteiger partial charge in [-0.3, -0.25) is 14.4 Å². The molecular formula is C13H19N5O8S. The van der Waals surface area contributed by atoms with E-state index >= 15 is 0 Å². The van der Waals surface area contributed by atoms with Crippen LogP contribution in [0.15, 0.2) is 5.11 Å². The first kappa shape index (κ1) is 22.4. The molecule has 0 radical (unpaired) electrons. The highest BCUT2D eigenvalue weighted by Gasteiger charge is 2.58. The zero-order valence-corrected chi connectivity index (χ0v) is 15.5. The van der Waals surface area contributed by atoms with E-state index in [1.807, 2.05) is 0 Å². The van der Waals surface area contributed by atoms with Crippen molar-refractivity contribution in [1.29, 1.82) is 0 Å². The van der Waals surface area contributed by atoms with Gasteiger partial charge in [-0.25, -0.2) is 0 Å². The van der Waals surface area contributed by atoms with Crippen LogP contribution in [-0.2, 0) is 33.3 Å². The minimum atomic E-state index is -2.56. The third-order valence-corrected chi connectivity index (χ3v) is 3.37. The van der Waals surface area contributed by atoms with Crippen molar-refractivity contribution in [1.82, 2.24) is 5.32 Å². The summed E-state index contributed by atoms with van der Waals surface area (Å²) < 4.78 is 20.3. The first-order chi connectivity index (χ1) is 12.5. The fourth-order valence-corrected chi connectivity index (χ4v) is 2.59. The molecule has 13 nitrogen and oxygen atoms in total. The number of carbonyl (C=O) groups excluding carboxylic acids is 3. The van der Waals surface area contributed by atoms with E-state index in [9.17, 15) is 19.5 Å². The van der Waals surface area contributed by atoms with Crippen LogP contribution >= 0.6 is 12.2 Å². The highest BCUT2D eigenvalue weighted by molar-refractivity contribution is 7.80. The summed E-state index contributed by atoms with van der Waals surface area (Å²) in [6.07, 6.45) is -4.38. The summed E-state index contributed by atoms with van der Waals surface area (Å²) in [6, 6.07) is -1.47. The van der Waals surface area contributed by atoms with Crippen molar-refractivity contribution in [3.8, 4) is 0 Å². The Morgan fingerprint density at radius 2 is 1.89 bits per heavy atom. The predicted octanol–water partition coefficient (Wildman–Crippen LogP) is -1.03. The maximum absolute atomic E-state index is 11.5. The molecule has 5 atom stereocenters. The van der Waals surface area contributed by atoms with E-state index in [0.717, 1.165) is 20.8 Å². The topological polar surface area (TPSA) is 195 Å². The van der Waals surface area contributed by atoms with Crippen LogP contribution < -0.4 is 11.1 Å². The molecule has 1 rings (SSSR count). The van der Waals surface area contributed by atoms with Crippen LogP contribution in [0, 0.1) is 0 Å². The number of azide groups is 1. The normalized spacial score (nSPS) is 29.6. The lowest BCUT2D eigenvalue weighted by molar-refractivity contribution is -0.338. The van der Waals surface area contributed by atoms with Gasteiger partial charge in [0.2, 0.25) is 0 Å². The zero-order valence-electron chi connectivity index (χ0n) is 14.6. The number of hydrogen-bond acceptors (Lipinski definition) is 10. The van der Waals surface area contributed by atoms with Crippen molar-refractivity contribution >= 4 is 35.2 Å². The minimum absolute atomic E-state index is 0.438. The number of thiocarbonyl (C=S) groups is 1. The summed E-state index contributed by atoms with van der Waals surface area (Å²) in [5, 5.41) is 16.0. The van der Waals surface area contributed by atoms with Crippen LogP contribution in [0.2, 0.25) is 0 Å². The van der Waals surface area contributed by atoms with Crippen LogP contribution in [0.3, 0.4) is 0 Å². The van der Waals surface area contributed by atoms with E-state index in [1.54, 1.807) is 0 Å². The van der Waals surface area contributed by atoms with E-state index < -0.39 is 59.9 Å². The molecule has 0 amide bonds. The second-order valence-corrected chi connectivity index (χ2v) is 5.88. The molecule has 0 aliphatic carbocycles. The number of carbonyl (C=O) groups is 3. The van der Waals surface area contributed by atoms with Gasteiger partial charge in [0.1, 0.15) is 24.9 Å². The van der Waals surface area contributed by atoms with Crippen molar-refractivity contribution in [3.05, 3.63) is 10.4 Å². The molecule has 1 heterocycles. The quantitative estimate of drug-likeness (QED) is 0.0929. The number of rotatable bonds is 6. The lowest BCUT2D eigenvalue weighted by atomic mass is 9.94. The molecule has 1 aliphatic rings. The number of esters is 3. The summed E-state index contributed by atoms with van der Waals surface area (Å²) in [6.45, 7) is 2.74. The molecule has 27 heavy (non-hydrogen) atoms. The first-order valence-corrected chi connectivity index (χ1v) is 7.90. The average Bonchev–Trinajstić information content (AvgIpc) is 2.50. The van der Waals surface area contributed by atoms with Gasteiger partial charge in [-0.15, -0.1) is 0 Å². The maximum atomic E-state index is 11.5. The average molecular weight is 405 g/mol. The fraction of sp³-hybridized carbons (Fsp3) is 0.692. The van der Waals surface area contributed by atoms with Crippen molar-refractivity contribution < 1.29 is 38.4 Å². The van der Waals surface area contributed by atoms with Gasteiger partial charge in [-0.2, -0.15) is 0 Å². The first-order valence-electron chi connectivity index (χ1n) is 7.50. The van der Waals surface area contributed by atoms with Crippen LogP contribution in [0.1, 0.15) is 20.8 Å². The second-order valence-electron chi connectivity index (χ2n) is 5.44. The molecule has 0 aromatic rings. The van der Waals surface area contributed by atoms with E-state index in [-0.39, 0.29) is 0 Å². The lowest BCUT2D eigenvalue weighted by Gasteiger charge is -2.47. The zero-order chi connectivity index (χ0) is 20.8. The molecule has 0 spiro atoms. The van der Waals surface area contributed by atoms with Crippen molar-refractivity contribution in [2.24, 2.45) is 10.8 Å². The van der Waals surface area contributed by atoms with Crippen LogP contribution in [-0.4, -0.2) is 65.0 Å². The maximum Gasteiger partial charge on any atom is 0.303 e. The number of ether oxygens (including phenoxy) is 4. The lowest BCUT2D eigenvalue weighted by Crippen LogP contribution is -2.72. The van der Waals surface area contributed by atoms with Crippen LogP contribution in [0.4, 0.5) is 0 Å². The molecule has 1 saturated heterocycles. The Bertz CT molecular complexity index is 669. The Kier molecular flexibility index (Phi) is 7.72. The third kappa shape index (κ3) is 6.21.